The van der Waals surface area contributed by atoms with Crippen molar-refractivity contribution >= 4 is 5.91 Å². The lowest BCUT2D eigenvalue weighted by atomic mass is 10.2. The molecule has 0 saturated heterocycles. The first-order valence-corrected chi connectivity index (χ1v) is 6.13. The van der Waals surface area contributed by atoms with Crippen LogP contribution in [0, 0.1) is 13.8 Å². The summed E-state index contributed by atoms with van der Waals surface area (Å²) < 4.78 is 3.42. The molecule has 0 spiro atoms. The summed E-state index contributed by atoms with van der Waals surface area (Å²) in [6, 6.07) is 0. The molecule has 0 N–H and O–H groups in total. The molecule has 0 bridgehead atoms. The highest BCUT2D eigenvalue weighted by Crippen LogP contribution is 2.12. The third kappa shape index (κ3) is 2.67. The van der Waals surface area contributed by atoms with Crippen molar-refractivity contribution in [2.24, 2.45) is 14.1 Å². The minimum Gasteiger partial charge on any atom is -0.337 e. The van der Waals surface area contributed by atoms with Gasteiger partial charge in [0.1, 0.15) is 0 Å². The maximum atomic E-state index is 12.3. The highest BCUT2D eigenvalue weighted by molar-refractivity contribution is 5.94. The first-order valence-electron chi connectivity index (χ1n) is 6.13. The normalized spacial score (nSPS) is 10.8. The molecule has 0 unspecified atom stereocenters. The standard InChI is InChI=1S/C13H19N5O/c1-9-11(7-17(4)14-9)6-16(3)13(19)12-8-18(5)15-10(12)2/h7-8H,6H2,1-5H3. The monoisotopic (exact) mass is 261 g/mol. The SMILES string of the molecule is Cc1nn(C)cc1CN(C)C(=O)c1cn(C)nc1C. The Kier molecular flexibility index (Phi) is 3.42. The summed E-state index contributed by atoms with van der Waals surface area (Å²) in [7, 11) is 5.49. The van der Waals surface area contributed by atoms with E-state index in [0.29, 0.717) is 12.1 Å². The lowest BCUT2D eigenvalue weighted by Crippen LogP contribution is -2.26. The number of aromatic nitrogens is 4. The van der Waals surface area contributed by atoms with Crippen LogP contribution in [0.2, 0.25) is 0 Å². The van der Waals surface area contributed by atoms with E-state index in [1.165, 1.54) is 0 Å². The molecule has 0 fully saturated rings. The summed E-state index contributed by atoms with van der Waals surface area (Å²) in [6.45, 7) is 4.34. The molecule has 2 rings (SSSR count). The van der Waals surface area contributed by atoms with Gasteiger partial charge in [-0.1, -0.05) is 0 Å². The number of rotatable bonds is 3. The summed E-state index contributed by atoms with van der Waals surface area (Å²) in [4.78, 5) is 14.0. The van der Waals surface area contributed by atoms with E-state index in [1.54, 1.807) is 27.5 Å². The number of amides is 1. The minimum atomic E-state index is -0.0196. The van der Waals surface area contributed by atoms with Gasteiger partial charge in [0, 0.05) is 45.6 Å². The molecular weight excluding hydrogens is 242 g/mol. The van der Waals surface area contributed by atoms with E-state index in [0.717, 1.165) is 17.0 Å². The lowest BCUT2D eigenvalue weighted by Gasteiger charge is -2.16. The van der Waals surface area contributed by atoms with Gasteiger partial charge in [-0.2, -0.15) is 10.2 Å². The Bertz CT molecular complexity index is 611. The smallest absolute Gasteiger partial charge is 0.257 e. The summed E-state index contributed by atoms with van der Waals surface area (Å²) in [5.74, 6) is -0.0196. The van der Waals surface area contributed by atoms with Crippen LogP contribution in [0.3, 0.4) is 0 Å². The Balaban J connectivity index is 2.16. The largest absolute Gasteiger partial charge is 0.337 e. The number of hydrogen-bond acceptors (Lipinski definition) is 3. The molecule has 1 amide bonds. The second-order valence-electron chi connectivity index (χ2n) is 4.88. The summed E-state index contributed by atoms with van der Waals surface area (Å²) in [5.41, 5.74) is 3.40. The Morgan fingerprint density at radius 2 is 1.74 bits per heavy atom. The molecule has 0 aliphatic rings. The molecule has 102 valence electrons. The number of carbonyl (C=O) groups excluding carboxylic acids is 1. The van der Waals surface area contributed by atoms with Crippen molar-refractivity contribution in [3.05, 3.63) is 34.9 Å². The van der Waals surface area contributed by atoms with E-state index in [4.69, 9.17) is 0 Å². The minimum absolute atomic E-state index is 0.0196. The number of hydrogen-bond donors (Lipinski definition) is 0. The van der Waals surface area contributed by atoms with Crippen molar-refractivity contribution < 1.29 is 4.79 Å². The van der Waals surface area contributed by atoms with Crippen molar-refractivity contribution in [1.82, 2.24) is 24.5 Å². The highest BCUT2D eigenvalue weighted by atomic mass is 16.2. The maximum Gasteiger partial charge on any atom is 0.257 e. The van der Waals surface area contributed by atoms with Gasteiger partial charge in [0.2, 0.25) is 0 Å². The van der Waals surface area contributed by atoms with Crippen LogP contribution in [0.15, 0.2) is 12.4 Å². The van der Waals surface area contributed by atoms with E-state index < -0.39 is 0 Å². The molecular formula is C13H19N5O. The second kappa shape index (κ2) is 4.87. The molecule has 0 aromatic carbocycles. The van der Waals surface area contributed by atoms with Crippen molar-refractivity contribution in [1.29, 1.82) is 0 Å². The van der Waals surface area contributed by atoms with Crippen LogP contribution in [0.5, 0.6) is 0 Å². The molecule has 2 aromatic rings. The van der Waals surface area contributed by atoms with Crippen LogP contribution in [-0.2, 0) is 20.6 Å². The number of nitrogens with zero attached hydrogens (tertiary/aromatic N) is 5. The van der Waals surface area contributed by atoms with Gasteiger partial charge >= 0.3 is 0 Å². The van der Waals surface area contributed by atoms with Crippen molar-refractivity contribution in [2.45, 2.75) is 20.4 Å². The third-order valence-corrected chi connectivity index (χ3v) is 3.11. The van der Waals surface area contributed by atoms with Gasteiger partial charge in [-0.25, -0.2) is 0 Å². The van der Waals surface area contributed by atoms with Gasteiger partial charge in [-0.3, -0.25) is 14.2 Å². The van der Waals surface area contributed by atoms with Gasteiger partial charge in [0.15, 0.2) is 0 Å². The summed E-state index contributed by atoms with van der Waals surface area (Å²) >= 11 is 0. The molecule has 0 saturated carbocycles. The fourth-order valence-corrected chi connectivity index (χ4v) is 2.15. The Morgan fingerprint density at radius 3 is 2.21 bits per heavy atom. The molecule has 6 nitrogen and oxygen atoms in total. The van der Waals surface area contributed by atoms with Crippen LogP contribution in [-0.4, -0.2) is 37.4 Å². The van der Waals surface area contributed by atoms with Crippen molar-refractivity contribution in [3.8, 4) is 0 Å². The fraction of sp³-hybridized carbons (Fsp3) is 0.462. The zero-order valence-electron chi connectivity index (χ0n) is 12.0. The second-order valence-corrected chi connectivity index (χ2v) is 4.88. The Labute approximate surface area is 112 Å². The molecule has 0 aliphatic heterocycles. The molecule has 2 aromatic heterocycles. The first-order chi connectivity index (χ1) is 8.88. The number of carbonyl (C=O) groups is 1. The van der Waals surface area contributed by atoms with E-state index in [1.807, 2.05) is 34.1 Å². The van der Waals surface area contributed by atoms with E-state index >= 15 is 0 Å². The average molecular weight is 261 g/mol. The lowest BCUT2D eigenvalue weighted by molar-refractivity contribution is 0.0784. The summed E-state index contributed by atoms with van der Waals surface area (Å²) in [5, 5.41) is 8.48. The molecule has 2 heterocycles. The average Bonchev–Trinajstić information content (AvgIpc) is 2.80. The van der Waals surface area contributed by atoms with Crippen molar-refractivity contribution in [3.63, 3.8) is 0 Å². The zero-order chi connectivity index (χ0) is 14.2. The topological polar surface area (TPSA) is 56.0 Å². The van der Waals surface area contributed by atoms with Crippen LogP contribution >= 0.6 is 0 Å². The number of aryl methyl sites for hydroxylation is 4. The third-order valence-electron chi connectivity index (χ3n) is 3.11. The van der Waals surface area contributed by atoms with E-state index in [-0.39, 0.29) is 5.91 Å². The summed E-state index contributed by atoms with van der Waals surface area (Å²) in [6.07, 6.45) is 3.69. The Morgan fingerprint density at radius 1 is 1.16 bits per heavy atom. The molecule has 0 aliphatic carbocycles. The molecule has 19 heavy (non-hydrogen) atoms. The van der Waals surface area contributed by atoms with E-state index in [2.05, 4.69) is 10.2 Å². The van der Waals surface area contributed by atoms with Crippen LogP contribution in [0.1, 0.15) is 27.3 Å². The van der Waals surface area contributed by atoms with Crippen LogP contribution in [0.25, 0.3) is 0 Å². The Hall–Kier alpha value is -2.11. The molecule has 0 atom stereocenters. The van der Waals surface area contributed by atoms with Gasteiger partial charge in [-0.05, 0) is 13.8 Å². The van der Waals surface area contributed by atoms with Crippen LogP contribution in [0.4, 0.5) is 0 Å². The molecule has 0 radical (unpaired) electrons. The van der Waals surface area contributed by atoms with E-state index in [9.17, 15) is 4.79 Å². The van der Waals surface area contributed by atoms with Crippen molar-refractivity contribution in [2.75, 3.05) is 7.05 Å². The molecule has 6 heteroatoms. The van der Waals surface area contributed by atoms with Gasteiger partial charge in [0.25, 0.3) is 5.91 Å². The zero-order valence-corrected chi connectivity index (χ0v) is 12.0. The van der Waals surface area contributed by atoms with Crippen LogP contribution < -0.4 is 0 Å². The predicted octanol–water partition coefficient (Wildman–Crippen LogP) is 1.04. The fourth-order valence-electron chi connectivity index (χ4n) is 2.15. The van der Waals surface area contributed by atoms with Gasteiger partial charge in [0.05, 0.1) is 17.0 Å². The van der Waals surface area contributed by atoms with Gasteiger partial charge < -0.3 is 4.90 Å². The maximum absolute atomic E-state index is 12.3. The predicted molar refractivity (Wildman–Crippen MR) is 71.7 cm³/mol. The highest BCUT2D eigenvalue weighted by Gasteiger charge is 2.18. The first kappa shape index (κ1) is 13.3. The van der Waals surface area contributed by atoms with Gasteiger partial charge in [-0.15, -0.1) is 0 Å². The quantitative estimate of drug-likeness (QED) is 0.829.